The topological polar surface area (TPSA) is 48.1 Å². The Kier molecular flexibility index (Phi) is 4.12. The summed E-state index contributed by atoms with van der Waals surface area (Å²) in [5.41, 5.74) is 7.83. The van der Waals surface area contributed by atoms with Gasteiger partial charge in [0.15, 0.2) is 0 Å². The van der Waals surface area contributed by atoms with Crippen LogP contribution in [-0.2, 0) is 13.0 Å². The zero-order valence-electron chi connectivity index (χ0n) is 9.85. The number of aryl methyl sites for hydroxylation is 1. The van der Waals surface area contributed by atoms with E-state index in [9.17, 15) is 0 Å². The maximum atomic E-state index is 5.70. The fraction of sp³-hybridized carbons (Fsp3) is 0.308. The molecule has 4 heteroatoms. The average molecular weight is 248 g/mol. The lowest BCUT2D eigenvalue weighted by molar-refractivity contribution is 0.306. The van der Waals surface area contributed by atoms with Crippen LogP contribution in [0.4, 0.5) is 0 Å². The normalized spacial score (nSPS) is 10.5. The summed E-state index contributed by atoms with van der Waals surface area (Å²) in [5.74, 6) is 0.670. The van der Waals surface area contributed by atoms with Gasteiger partial charge < -0.3 is 10.5 Å². The Balaban J connectivity index is 1.97. The summed E-state index contributed by atoms with van der Waals surface area (Å²) in [6, 6.07) is 6.12. The van der Waals surface area contributed by atoms with E-state index < -0.39 is 0 Å². The summed E-state index contributed by atoms with van der Waals surface area (Å²) in [6.07, 6.45) is 2.67. The second kappa shape index (κ2) is 5.80. The molecule has 2 rings (SSSR count). The molecule has 0 unspecified atom stereocenters. The SMILES string of the molecule is Cc1ccnc(OCCc2cccs2)c1CN. The van der Waals surface area contributed by atoms with Crippen molar-refractivity contribution in [3.05, 3.63) is 45.8 Å². The Morgan fingerprint density at radius 3 is 3.00 bits per heavy atom. The number of nitrogens with zero attached hydrogens (tertiary/aromatic N) is 1. The summed E-state index contributed by atoms with van der Waals surface area (Å²) >= 11 is 1.75. The van der Waals surface area contributed by atoms with Gasteiger partial charge in [-0.1, -0.05) is 6.07 Å². The van der Waals surface area contributed by atoms with Gasteiger partial charge in [0, 0.05) is 29.6 Å². The first-order valence-corrected chi connectivity index (χ1v) is 6.49. The maximum absolute atomic E-state index is 5.70. The van der Waals surface area contributed by atoms with Gasteiger partial charge in [-0.2, -0.15) is 0 Å². The number of rotatable bonds is 5. The highest BCUT2D eigenvalue weighted by Gasteiger charge is 2.06. The van der Waals surface area contributed by atoms with Gasteiger partial charge in [-0.3, -0.25) is 0 Å². The molecule has 2 N–H and O–H groups in total. The van der Waals surface area contributed by atoms with Crippen LogP contribution in [0.3, 0.4) is 0 Å². The molecule has 0 aliphatic rings. The summed E-state index contributed by atoms with van der Waals surface area (Å²) in [6.45, 7) is 3.13. The van der Waals surface area contributed by atoms with Crippen molar-refractivity contribution in [2.45, 2.75) is 19.9 Å². The number of hydrogen-bond donors (Lipinski definition) is 1. The van der Waals surface area contributed by atoms with E-state index in [-0.39, 0.29) is 0 Å². The molecule has 2 aromatic heterocycles. The molecule has 90 valence electrons. The minimum absolute atomic E-state index is 0.466. The van der Waals surface area contributed by atoms with Gasteiger partial charge in [0.1, 0.15) is 0 Å². The van der Waals surface area contributed by atoms with Crippen LogP contribution in [0.25, 0.3) is 0 Å². The smallest absolute Gasteiger partial charge is 0.218 e. The van der Waals surface area contributed by atoms with E-state index in [0.717, 1.165) is 17.5 Å². The summed E-state index contributed by atoms with van der Waals surface area (Å²) in [4.78, 5) is 5.56. The van der Waals surface area contributed by atoms with E-state index >= 15 is 0 Å². The minimum atomic E-state index is 0.466. The van der Waals surface area contributed by atoms with Crippen molar-refractivity contribution < 1.29 is 4.74 Å². The van der Waals surface area contributed by atoms with Crippen LogP contribution < -0.4 is 10.5 Å². The molecule has 0 saturated heterocycles. The third-order valence-electron chi connectivity index (χ3n) is 2.62. The lowest BCUT2D eigenvalue weighted by atomic mass is 10.1. The highest BCUT2D eigenvalue weighted by molar-refractivity contribution is 7.09. The minimum Gasteiger partial charge on any atom is -0.477 e. The van der Waals surface area contributed by atoms with Crippen molar-refractivity contribution in [1.29, 1.82) is 0 Å². The van der Waals surface area contributed by atoms with Crippen LogP contribution in [0.5, 0.6) is 5.88 Å². The fourth-order valence-electron chi connectivity index (χ4n) is 1.64. The van der Waals surface area contributed by atoms with Crippen molar-refractivity contribution in [2.24, 2.45) is 5.73 Å². The second-order valence-corrected chi connectivity index (χ2v) is 4.83. The number of pyridine rings is 1. The molecule has 0 aromatic carbocycles. The Hall–Kier alpha value is -1.39. The molecule has 0 fully saturated rings. The van der Waals surface area contributed by atoms with Crippen LogP contribution in [0, 0.1) is 6.92 Å². The number of hydrogen-bond acceptors (Lipinski definition) is 4. The van der Waals surface area contributed by atoms with Crippen LogP contribution in [0.15, 0.2) is 29.8 Å². The van der Waals surface area contributed by atoms with E-state index in [1.807, 2.05) is 13.0 Å². The molecular formula is C13H16N2OS. The van der Waals surface area contributed by atoms with Crippen molar-refractivity contribution in [2.75, 3.05) is 6.61 Å². The highest BCUT2D eigenvalue weighted by atomic mass is 32.1. The molecule has 0 aliphatic carbocycles. The zero-order chi connectivity index (χ0) is 12.1. The van der Waals surface area contributed by atoms with Crippen molar-refractivity contribution in [1.82, 2.24) is 4.98 Å². The van der Waals surface area contributed by atoms with Gasteiger partial charge in [-0.15, -0.1) is 11.3 Å². The molecular weight excluding hydrogens is 232 g/mol. The highest BCUT2D eigenvalue weighted by Crippen LogP contribution is 2.18. The van der Waals surface area contributed by atoms with Gasteiger partial charge in [-0.25, -0.2) is 4.98 Å². The van der Waals surface area contributed by atoms with E-state index in [4.69, 9.17) is 10.5 Å². The van der Waals surface area contributed by atoms with Gasteiger partial charge in [0.25, 0.3) is 0 Å². The molecule has 0 aliphatic heterocycles. The standard InChI is InChI=1S/C13H16N2OS/c1-10-4-6-15-13(12(10)9-14)16-7-5-11-3-2-8-17-11/h2-4,6,8H,5,7,9,14H2,1H3. The van der Waals surface area contributed by atoms with Gasteiger partial charge in [-0.05, 0) is 30.0 Å². The van der Waals surface area contributed by atoms with Gasteiger partial charge in [0.05, 0.1) is 6.61 Å². The number of nitrogens with two attached hydrogens (primary N) is 1. The average Bonchev–Trinajstić information content (AvgIpc) is 2.82. The van der Waals surface area contributed by atoms with E-state index in [1.165, 1.54) is 4.88 Å². The van der Waals surface area contributed by atoms with Crippen LogP contribution in [-0.4, -0.2) is 11.6 Å². The van der Waals surface area contributed by atoms with Crippen LogP contribution in [0.1, 0.15) is 16.0 Å². The molecule has 0 saturated carbocycles. The molecule has 0 amide bonds. The molecule has 0 spiro atoms. The van der Waals surface area contributed by atoms with Crippen molar-refractivity contribution in [3.8, 4) is 5.88 Å². The molecule has 3 nitrogen and oxygen atoms in total. The largest absolute Gasteiger partial charge is 0.477 e. The molecule has 2 aromatic rings. The second-order valence-electron chi connectivity index (χ2n) is 3.79. The third kappa shape index (κ3) is 3.05. The molecule has 0 atom stereocenters. The molecule has 17 heavy (non-hydrogen) atoms. The number of ether oxygens (including phenoxy) is 1. The predicted octanol–water partition coefficient (Wildman–Crippen LogP) is 2.53. The number of aromatic nitrogens is 1. The summed E-state index contributed by atoms with van der Waals surface area (Å²) < 4.78 is 5.70. The molecule has 0 radical (unpaired) electrons. The Morgan fingerprint density at radius 2 is 2.29 bits per heavy atom. The third-order valence-corrected chi connectivity index (χ3v) is 3.56. The first-order chi connectivity index (χ1) is 8.31. The number of thiophene rings is 1. The van der Waals surface area contributed by atoms with Crippen LogP contribution in [0.2, 0.25) is 0 Å². The Morgan fingerprint density at radius 1 is 1.41 bits per heavy atom. The van der Waals surface area contributed by atoms with Gasteiger partial charge >= 0.3 is 0 Å². The summed E-state index contributed by atoms with van der Waals surface area (Å²) in [5, 5.41) is 2.07. The lowest BCUT2D eigenvalue weighted by Crippen LogP contribution is -2.08. The maximum Gasteiger partial charge on any atom is 0.218 e. The van der Waals surface area contributed by atoms with E-state index in [2.05, 4.69) is 22.5 Å². The Labute approximate surface area is 105 Å². The molecule has 0 bridgehead atoms. The fourth-order valence-corrected chi connectivity index (χ4v) is 2.33. The Bertz CT molecular complexity index is 468. The zero-order valence-corrected chi connectivity index (χ0v) is 10.7. The first kappa shape index (κ1) is 12.1. The van der Waals surface area contributed by atoms with Crippen LogP contribution >= 0.6 is 11.3 Å². The monoisotopic (exact) mass is 248 g/mol. The first-order valence-electron chi connectivity index (χ1n) is 5.61. The van der Waals surface area contributed by atoms with E-state index in [0.29, 0.717) is 19.0 Å². The van der Waals surface area contributed by atoms with Crippen molar-refractivity contribution >= 4 is 11.3 Å². The van der Waals surface area contributed by atoms with Crippen molar-refractivity contribution in [3.63, 3.8) is 0 Å². The van der Waals surface area contributed by atoms with E-state index in [1.54, 1.807) is 17.5 Å². The van der Waals surface area contributed by atoms with Gasteiger partial charge in [0.2, 0.25) is 5.88 Å². The quantitative estimate of drug-likeness (QED) is 0.884. The molecule has 2 heterocycles. The predicted molar refractivity (Wildman–Crippen MR) is 70.4 cm³/mol. The lowest BCUT2D eigenvalue weighted by Gasteiger charge is -2.10. The summed E-state index contributed by atoms with van der Waals surface area (Å²) in [7, 11) is 0.